The molecule has 0 fully saturated rings. The van der Waals surface area contributed by atoms with Gasteiger partial charge in [-0.05, 0) is 24.1 Å². The average Bonchev–Trinajstić information content (AvgIpc) is 2.49. The Balaban J connectivity index is 2.21. The number of hydrazone groups is 1. The Kier molecular flexibility index (Phi) is 4.56. The monoisotopic (exact) mass is 254 g/mol. The van der Waals surface area contributed by atoms with Crippen molar-refractivity contribution in [3.63, 3.8) is 0 Å². The number of para-hydroxylation sites is 2. The van der Waals surface area contributed by atoms with Crippen molar-refractivity contribution in [1.29, 1.82) is 0 Å². The summed E-state index contributed by atoms with van der Waals surface area (Å²) in [7, 11) is 1.65. The maximum Gasteiger partial charge on any atom is 0.143 e. The maximum atomic E-state index is 5.29. The van der Waals surface area contributed by atoms with Gasteiger partial charge in [0, 0.05) is 0 Å². The van der Waals surface area contributed by atoms with Crippen LogP contribution in [-0.4, -0.2) is 12.8 Å². The Labute approximate surface area is 113 Å². The fourth-order valence-electron chi connectivity index (χ4n) is 1.84. The van der Waals surface area contributed by atoms with Crippen LogP contribution in [-0.2, 0) is 0 Å². The van der Waals surface area contributed by atoms with Gasteiger partial charge in [-0.2, -0.15) is 5.10 Å². The molecule has 98 valence electrons. The molecule has 0 saturated carbocycles. The molecule has 0 atom stereocenters. The number of nitrogens with zero attached hydrogens (tertiary/aromatic N) is 1. The molecule has 0 aromatic heterocycles. The van der Waals surface area contributed by atoms with E-state index in [1.54, 1.807) is 7.11 Å². The molecular formula is C16H18N2O. The van der Waals surface area contributed by atoms with Crippen molar-refractivity contribution < 1.29 is 4.74 Å². The van der Waals surface area contributed by atoms with Crippen molar-refractivity contribution in [2.75, 3.05) is 12.5 Å². The van der Waals surface area contributed by atoms with Gasteiger partial charge in [0.1, 0.15) is 5.75 Å². The molecule has 0 amide bonds. The highest BCUT2D eigenvalue weighted by Crippen LogP contribution is 2.23. The lowest BCUT2D eigenvalue weighted by molar-refractivity contribution is 0.416. The highest BCUT2D eigenvalue weighted by Gasteiger charge is 2.02. The molecule has 0 heterocycles. The summed E-state index contributed by atoms with van der Waals surface area (Å²) in [4.78, 5) is 0. The Hall–Kier alpha value is -2.29. The van der Waals surface area contributed by atoms with E-state index in [9.17, 15) is 0 Å². The summed E-state index contributed by atoms with van der Waals surface area (Å²) in [6.07, 6.45) is 0.867. The molecular weight excluding hydrogens is 236 g/mol. The van der Waals surface area contributed by atoms with Crippen LogP contribution in [0.1, 0.15) is 18.9 Å². The second-order valence-corrected chi connectivity index (χ2v) is 4.09. The van der Waals surface area contributed by atoms with Crippen LogP contribution in [0.15, 0.2) is 59.7 Å². The van der Waals surface area contributed by atoms with Crippen LogP contribution in [0.2, 0.25) is 0 Å². The number of methoxy groups -OCH3 is 1. The quantitative estimate of drug-likeness (QED) is 0.648. The lowest BCUT2D eigenvalue weighted by Crippen LogP contribution is -2.03. The van der Waals surface area contributed by atoms with Crippen LogP contribution in [0.25, 0.3) is 0 Å². The van der Waals surface area contributed by atoms with Crippen LogP contribution in [0.4, 0.5) is 5.69 Å². The van der Waals surface area contributed by atoms with E-state index in [0.717, 1.165) is 29.1 Å². The number of ether oxygens (including phenoxy) is 1. The van der Waals surface area contributed by atoms with Crippen LogP contribution < -0.4 is 10.2 Å². The van der Waals surface area contributed by atoms with Gasteiger partial charge in [0.25, 0.3) is 0 Å². The fourth-order valence-corrected chi connectivity index (χ4v) is 1.84. The molecule has 3 heteroatoms. The number of benzene rings is 2. The highest BCUT2D eigenvalue weighted by molar-refractivity contribution is 6.00. The molecule has 1 N–H and O–H groups in total. The van der Waals surface area contributed by atoms with E-state index in [1.165, 1.54) is 0 Å². The molecule has 0 radical (unpaired) electrons. The van der Waals surface area contributed by atoms with Gasteiger partial charge in [-0.15, -0.1) is 0 Å². The smallest absolute Gasteiger partial charge is 0.143 e. The predicted molar refractivity (Wildman–Crippen MR) is 79.9 cm³/mol. The second-order valence-electron chi connectivity index (χ2n) is 4.09. The van der Waals surface area contributed by atoms with Crippen molar-refractivity contribution in [2.45, 2.75) is 13.3 Å². The van der Waals surface area contributed by atoms with E-state index in [1.807, 2.05) is 42.5 Å². The van der Waals surface area contributed by atoms with Crippen molar-refractivity contribution in [2.24, 2.45) is 5.10 Å². The molecule has 0 aliphatic rings. The summed E-state index contributed by atoms with van der Waals surface area (Å²) >= 11 is 0. The minimum atomic E-state index is 0.787. The Morgan fingerprint density at radius 1 is 1.05 bits per heavy atom. The minimum Gasteiger partial charge on any atom is -0.495 e. The zero-order valence-corrected chi connectivity index (χ0v) is 11.3. The molecule has 0 saturated heterocycles. The molecule has 3 nitrogen and oxygen atoms in total. The Morgan fingerprint density at radius 2 is 1.74 bits per heavy atom. The van der Waals surface area contributed by atoms with Crippen LogP contribution in [0.3, 0.4) is 0 Å². The molecule has 0 unspecified atom stereocenters. The fraction of sp³-hybridized carbons (Fsp3) is 0.188. The summed E-state index contributed by atoms with van der Waals surface area (Å²) < 4.78 is 5.29. The zero-order chi connectivity index (χ0) is 13.5. The van der Waals surface area contributed by atoms with Gasteiger partial charge in [-0.3, -0.25) is 5.43 Å². The Bertz CT molecular complexity index is 550. The first kappa shape index (κ1) is 13.1. The van der Waals surface area contributed by atoms with Gasteiger partial charge in [0.15, 0.2) is 0 Å². The summed E-state index contributed by atoms with van der Waals surface area (Å²) in [6, 6.07) is 17.9. The molecule has 0 aliphatic carbocycles. The second kappa shape index (κ2) is 6.59. The van der Waals surface area contributed by atoms with Crippen molar-refractivity contribution in [3.8, 4) is 5.75 Å². The van der Waals surface area contributed by atoms with E-state index in [4.69, 9.17) is 4.74 Å². The number of hydrogen-bond donors (Lipinski definition) is 1. The molecule has 0 bridgehead atoms. The van der Waals surface area contributed by atoms with Crippen LogP contribution >= 0.6 is 0 Å². The molecule has 0 aliphatic heterocycles. The normalized spacial score (nSPS) is 11.2. The molecule has 2 aromatic carbocycles. The van der Waals surface area contributed by atoms with Gasteiger partial charge in [0.2, 0.25) is 0 Å². The number of hydrogen-bond acceptors (Lipinski definition) is 3. The molecule has 0 spiro atoms. The average molecular weight is 254 g/mol. The Morgan fingerprint density at radius 3 is 2.42 bits per heavy atom. The van der Waals surface area contributed by atoms with Gasteiger partial charge in [-0.1, -0.05) is 49.4 Å². The standard InChI is InChI=1S/C16H18N2O/c1-3-14(13-9-5-4-6-10-13)17-18-15-11-7-8-12-16(15)19-2/h4-12,18H,3H2,1-2H3/b17-14+. The topological polar surface area (TPSA) is 33.6 Å². The third-order valence-corrected chi connectivity index (χ3v) is 2.86. The van der Waals surface area contributed by atoms with Gasteiger partial charge < -0.3 is 4.74 Å². The van der Waals surface area contributed by atoms with E-state index >= 15 is 0 Å². The molecule has 19 heavy (non-hydrogen) atoms. The summed E-state index contributed by atoms with van der Waals surface area (Å²) in [5.74, 6) is 0.787. The van der Waals surface area contributed by atoms with E-state index in [-0.39, 0.29) is 0 Å². The summed E-state index contributed by atoms with van der Waals surface area (Å²) in [5.41, 5.74) is 6.10. The van der Waals surface area contributed by atoms with Gasteiger partial charge in [0.05, 0.1) is 18.5 Å². The third-order valence-electron chi connectivity index (χ3n) is 2.86. The van der Waals surface area contributed by atoms with Crippen molar-refractivity contribution in [3.05, 3.63) is 60.2 Å². The van der Waals surface area contributed by atoms with Crippen molar-refractivity contribution >= 4 is 11.4 Å². The third kappa shape index (κ3) is 3.35. The van der Waals surface area contributed by atoms with Crippen molar-refractivity contribution in [1.82, 2.24) is 0 Å². The number of anilines is 1. The van der Waals surface area contributed by atoms with Gasteiger partial charge >= 0.3 is 0 Å². The van der Waals surface area contributed by atoms with E-state index in [2.05, 4.69) is 29.6 Å². The lowest BCUT2D eigenvalue weighted by Gasteiger charge is -2.09. The summed E-state index contributed by atoms with van der Waals surface area (Å²) in [5, 5.41) is 4.48. The van der Waals surface area contributed by atoms with Crippen LogP contribution in [0.5, 0.6) is 5.75 Å². The van der Waals surface area contributed by atoms with E-state index < -0.39 is 0 Å². The lowest BCUT2D eigenvalue weighted by atomic mass is 10.1. The van der Waals surface area contributed by atoms with Crippen LogP contribution in [0, 0.1) is 0 Å². The van der Waals surface area contributed by atoms with E-state index in [0.29, 0.717) is 0 Å². The minimum absolute atomic E-state index is 0.787. The molecule has 2 rings (SSSR count). The zero-order valence-electron chi connectivity index (χ0n) is 11.3. The first-order chi connectivity index (χ1) is 9.35. The first-order valence-corrected chi connectivity index (χ1v) is 6.36. The largest absolute Gasteiger partial charge is 0.495 e. The van der Waals surface area contributed by atoms with Gasteiger partial charge in [-0.25, -0.2) is 0 Å². The predicted octanol–water partition coefficient (Wildman–Crippen LogP) is 3.92. The number of nitrogens with one attached hydrogen (secondary N) is 1. The highest BCUT2D eigenvalue weighted by atomic mass is 16.5. The number of rotatable bonds is 5. The first-order valence-electron chi connectivity index (χ1n) is 6.36. The summed E-state index contributed by atoms with van der Waals surface area (Å²) in [6.45, 7) is 2.09. The molecule has 2 aromatic rings. The SMILES string of the molecule is CC/C(=N\Nc1ccccc1OC)c1ccccc1. The maximum absolute atomic E-state index is 5.29.